The van der Waals surface area contributed by atoms with Crippen molar-refractivity contribution in [1.29, 1.82) is 0 Å². The third-order valence-corrected chi connectivity index (χ3v) is 10.0. The van der Waals surface area contributed by atoms with Crippen LogP contribution >= 0.6 is 46.0 Å². The predicted molar refractivity (Wildman–Crippen MR) is 121 cm³/mol. The summed E-state index contributed by atoms with van der Waals surface area (Å²) >= 11 is 9.91. The highest BCUT2D eigenvalue weighted by Crippen LogP contribution is 2.34. The fourth-order valence-electron chi connectivity index (χ4n) is 3.34. The topological polar surface area (TPSA) is 79.4 Å². The zero-order chi connectivity index (χ0) is 20.6. The highest BCUT2D eigenvalue weighted by Gasteiger charge is 2.38. The van der Waals surface area contributed by atoms with Crippen LogP contribution in [0.4, 0.5) is 5.13 Å². The second kappa shape index (κ2) is 8.52. The zero-order valence-corrected chi connectivity index (χ0v) is 19.4. The molecule has 1 amide bonds. The van der Waals surface area contributed by atoms with Crippen LogP contribution in [0.15, 0.2) is 39.4 Å². The molecule has 1 fully saturated rings. The average Bonchev–Trinajstić information content (AvgIpc) is 3.33. The van der Waals surface area contributed by atoms with E-state index in [1.807, 2.05) is 24.5 Å². The first kappa shape index (κ1) is 21.1. The average molecular weight is 488 g/mol. The van der Waals surface area contributed by atoms with Crippen molar-refractivity contribution in [2.24, 2.45) is 0 Å². The van der Waals surface area contributed by atoms with Crippen LogP contribution in [0, 0.1) is 0 Å². The van der Waals surface area contributed by atoms with E-state index in [1.54, 1.807) is 17.8 Å². The molecule has 2 aromatic heterocycles. The van der Waals surface area contributed by atoms with Gasteiger partial charge in [-0.25, -0.2) is 13.4 Å². The van der Waals surface area contributed by atoms with Crippen LogP contribution in [0.3, 0.4) is 0 Å². The molecule has 0 saturated carbocycles. The Hall–Kier alpha value is -1.17. The summed E-state index contributed by atoms with van der Waals surface area (Å²) in [6, 6.07) is 8.19. The van der Waals surface area contributed by atoms with E-state index in [-0.39, 0.29) is 10.1 Å². The van der Waals surface area contributed by atoms with E-state index in [2.05, 4.69) is 10.3 Å². The molecule has 154 valence electrons. The summed E-state index contributed by atoms with van der Waals surface area (Å²) in [7, 11) is -3.78. The molecule has 0 bridgehead atoms. The number of nitrogens with one attached hydrogen (secondary N) is 1. The van der Waals surface area contributed by atoms with Crippen molar-refractivity contribution in [2.75, 3.05) is 18.1 Å². The van der Waals surface area contributed by atoms with Gasteiger partial charge < -0.3 is 5.32 Å². The molecular formula is C18H18ClN3O3S4. The minimum absolute atomic E-state index is 0.159. The lowest BCUT2D eigenvalue weighted by Crippen LogP contribution is -2.49. The Morgan fingerprint density at radius 1 is 1.28 bits per heavy atom. The van der Waals surface area contributed by atoms with Crippen molar-refractivity contribution in [3.63, 3.8) is 0 Å². The summed E-state index contributed by atoms with van der Waals surface area (Å²) in [6.07, 6.45) is 3.98. The number of piperidine rings is 1. The second-order valence-electron chi connectivity index (χ2n) is 6.50. The van der Waals surface area contributed by atoms with Gasteiger partial charge in [0.2, 0.25) is 5.91 Å². The number of carbonyl (C=O) groups excluding carboxylic acids is 1. The van der Waals surface area contributed by atoms with Gasteiger partial charge in [-0.15, -0.1) is 23.1 Å². The van der Waals surface area contributed by atoms with Crippen molar-refractivity contribution < 1.29 is 13.2 Å². The number of thiazole rings is 1. The highest BCUT2D eigenvalue weighted by atomic mass is 35.5. The molecule has 1 atom stereocenters. The number of anilines is 1. The molecule has 1 aromatic carbocycles. The van der Waals surface area contributed by atoms with Gasteiger partial charge in [0, 0.05) is 11.4 Å². The van der Waals surface area contributed by atoms with Gasteiger partial charge >= 0.3 is 0 Å². The van der Waals surface area contributed by atoms with E-state index in [1.165, 1.54) is 21.7 Å². The first-order valence-corrected chi connectivity index (χ1v) is 13.6. The molecule has 1 aliphatic rings. The molecule has 3 aromatic rings. The Kier molecular flexibility index (Phi) is 6.19. The third-order valence-electron chi connectivity index (χ3n) is 4.70. The van der Waals surface area contributed by atoms with Crippen LogP contribution in [0.1, 0.15) is 19.3 Å². The number of hydrogen-bond donors (Lipinski definition) is 1. The SMILES string of the molecule is CSc1cccc2sc(NC(=O)C3CCCCN3S(=O)(=O)c3ccc(Cl)s3)nc12. The fraction of sp³-hybridized carbons (Fsp3) is 0.333. The molecule has 1 unspecified atom stereocenters. The normalized spacial score (nSPS) is 18.2. The van der Waals surface area contributed by atoms with Gasteiger partial charge in [-0.2, -0.15) is 4.31 Å². The number of thiophene rings is 1. The van der Waals surface area contributed by atoms with Gasteiger partial charge in [0.25, 0.3) is 10.0 Å². The summed E-state index contributed by atoms with van der Waals surface area (Å²) in [5.41, 5.74) is 0.849. The summed E-state index contributed by atoms with van der Waals surface area (Å²) in [5.74, 6) is -0.347. The lowest BCUT2D eigenvalue weighted by molar-refractivity contribution is -0.120. The Labute approximate surface area is 186 Å². The molecule has 29 heavy (non-hydrogen) atoms. The maximum absolute atomic E-state index is 13.1. The number of fused-ring (bicyclic) bond motifs is 1. The van der Waals surface area contributed by atoms with Crippen LogP contribution < -0.4 is 5.32 Å². The van der Waals surface area contributed by atoms with Crippen molar-refractivity contribution in [3.8, 4) is 0 Å². The van der Waals surface area contributed by atoms with E-state index in [9.17, 15) is 13.2 Å². The first-order chi connectivity index (χ1) is 13.9. The van der Waals surface area contributed by atoms with Gasteiger partial charge in [0.1, 0.15) is 10.3 Å². The molecule has 0 spiro atoms. The number of aromatic nitrogens is 1. The number of halogens is 1. The van der Waals surface area contributed by atoms with E-state index in [0.29, 0.717) is 22.4 Å². The van der Waals surface area contributed by atoms with E-state index in [4.69, 9.17) is 11.6 Å². The smallest absolute Gasteiger partial charge is 0.253 e. The lowest BCUT2D eigenvalue weighted by atomic mass is 10.0. The Morgan fingerprint density at radius 3 is 2.83 bits per heavy atom. The van der Waals surface area contributed by atoms with Crippen LogP contribution in [-0.2, 0) is 14.8 Å². The summed E-state index contributed by atoms with van der Waals surface area (Å²) in [5, 5.41) is 3.32. The number of carbonyl (C=O) groups is 1. The largest absolute Gasteiger partial charge is 0.301 e. The number of hydrogen-bond acceptors (Lipinski definition) is 7. The number of nitrogens with zero attached hydrogens (tertiary/aromatic N) is 2. The zero-order valence-electron chi connectivity index (χ0n) is 15.4. The number of sulfonamides is 1. The van der Waals surface area contributed by atoms with Crippen LogP contribution in [0.2, 0.25) is 4.34 Å². The van der Waals surface area contributed by atoms with Crippen LogP contribution in [0.5, 0.6) is 0 Å². The highest BCUT2D eigenvalue weighted by molar-refractivity contribution is 7.98. The number of amides is 1. The van der Waals surface area contributed by atoms with Crippen LogP contribution in [0.25, 0.3) is 10.2 Å². The maximum atomic E-state index is 13.1. The molecular weight excluding hydrogens is 470 g/mol. The number of thioether (sulfide) groups is 1. The van der Waals surface area contributed by atoms with Crippen molar-refractivity contribution in [3.05, 3.63) is 34.7 Å². The molecule has 1 aliphatic heterocycles. The van der Waals surface area contributed by atoms with E-state index >= 15 is 0 Å². The van der Waals surface area contributed by atoms with Gasteiger partial charge in [-0.1, -0.05) is 35.4 Å². The Balaban J connectivity index is 1.59. The number of benzene rings is 1. The van der Waals surface area contributed by atoms with Crippen molar-refractivity contribution >= 4 is 77.3 Å². The quantitative estimate of drug-likeness (QED) is 0.517. The van der Waals surface area contributed by atoms with Gasteiger partial charge in [-0.3, -0.25) is 4.79 Å². The van der Waals surface area contributed by atoms with Crippen molar-refractivity contribution in [2.45, 2.75) is 34.4 Å². The lowest BCUT2D eigenvalue weighted by Gasteiger charge is -2.32. The molecule has 3 heterocycles. The molecule has 0 aliphatic carbocycles. The second-order valence-corrected chi connectivity index (χ2v) is 12.2. The summed E-state index contributed by atoms with van der Waals surface area (Å²) < 4.78 is 29.0. The Bertz CT molecular complexity index is 1160. The van der Waals surface area contributed by atoms with E-state index < -0.39 is 16.1 Å². The molecule has 11 heteroatoms. The van der Waals surface area contributed by atoms with Gasteiger partial charge in [0.15, 0.2) is 5.13 Å². The van der Waals surface area contributed by atoms with Crippen LogP contribution in [-0.4, -0.2) is 42.5 Å². The maximum Gasteiger partial charge on any atom is 0.253 e. The predicted octanol–water partition coefficient (Wildman–Crippen LogP) is 4.92. The molecule has 1 saturated heterocycles. The standard InChI is InChI=1S/C18H18ClN3O3S4/c1-26-12-6-4-7-13-16(12)20-18(27-13)21-17(23)11-5-2-3-10-22(11)29(24,25)15-9-8-14(19)28-15/h4,6-9,11H,2-3,5,10H2,1H3,(H,20,21,23). The Morgan fingerprint density at radius 2 is 2.10 bits per heavy atom. The fourth-order valence-corrected chi connectivity index (χ4v) is 8.13. The monoisotopic (exact) mass is 487 g/mol. The first-order valence-electron chi connectivity index (χ1n) is 8.92. The van der Waals surface area contributed by atoms with Gasteiger partial charge in [0.05, 0.1) is 14.6 Å². The molecule has 0 radical (unpaired) electrons. The van der Waals surface area contributed by atoms with Gasteiger partial charge in [-0.05, 0) is 43.4 Å². The minimum atomic E-state index is -3.78. The number of rotatable bonds is 5. The van der Waals surface area contributed by atoms with E-state index in [0.717, 1.165) is 39.3 Å². The number of para-hydroxylation sites is 1. The third kappa shape index (κ3) is 4.19. The summed E-state index contributed by atoms with van der Waals surface area (Å²) in [6.45, 7) is 0.312. The van der Waals surface area contributed by atoms with Crippen molar-refractivity contribution in [1.82, 2.24) is 9.29 Å². The molecule has 1 N–H and O–H groups in total. The molecule has 4 rings (SSSR count). The summed E-state index contributed by atoms with van der Waals surface area (Å²) in [4.78, 5) is 18.6. The minimum Gasteiger partial charge on any atom is -0.301 e. The molecule has 6 nitrogen and oxygen atoms in total.